The molecule has 0 aliphatic rings. The SMILES string of the molecule is C=CCCCCCCC/C=C/c1c(O)c(O)cc(OC)c1O. The Labute approximate surface area is 132 Å². The Balaban J connectivity index is 2.46. The van der Waals surface area contributed by atoms with Crippen molar-refractivity contribution in [1.29, 1.82) is 0 Å². The number of rotatable bonds is 10. The molecule has 0 saturated carbocycles. The van der Waals surface area contributed by atoms with Crippen molar-refractivity contribution in [2.75, 3.05) is 7.11 Å². The fourth-order valence-electron chi connectivity index (χ4n) is 2.24. The van der Waals surface area contributed by atoms with Gasteiger partial charge in [0.1, 0.15) is 0 Å². The summed E-state index contributed by atoms with van der Waals surface area (Å²) in [4.78, 5) is 0. The lowest BCUT2D eigenvalue weighted by Crippen LogP contribution is -1.87. The summed E-state index contributed by atoms with van der Waals surface area (Å²) in [7, 11) is 1.39. The van der Waals surface area contributed by atoms with Gasteiger partial charge in [0, 0.05) is 6.07 Å². The van der Waals surface area contributed by atoms with E-state index in [0.717, 1.165) is 25.7 Å². The lowest BCUT2D eigenvalue weighted by molar-refractivity contribution is 0.355. The molecule has 0 atom stereocenters. The molecule has 122 valence electrons. The van der Waals surface area contributed by atoms with Gasteiger partial charge in [-0.25, -0.2) is 0 Å². The van der Waals surface area contributed by atoms with E-state index in [2.05, 4.69) is 6.58 Å². The highest BCUT2D eigenvalue weighted by atomic mass is 16.5. The number of benzene rings is 1. The Bertz CT molecular complexity index is 506. The van der Waals surface area contributed by atoms with Crippen LogP contribution in [0.2, 0.25) is 0 Å². The van der Waals surface area contributed by atoms with E-state index < -0.39 is 0 Å². The van der Waals surface area contributed by atoms with Crippen molar-refractivity contribution in [2.24, 2.45) is 0 Å². The Morgan fingerprint density at radius 3 is 2.27 bits per heavy atom. The smallest absolute Gasteiger partial charge is 0.169 e. The van der Waals surface area contributed by atoms with Gasteiger partial charge >= 0.3 is 0 Å². The minimum absolute atomic E-state index is 0.136. The molecule has 3 N–H and O–H groups in total. The zero-order valence-corrected chi connectivity index (χ0v) is 13.2. The number of allylic oxidation sites excluding steroid dienone is 2. The summed E-state index contributed by atoms with van der Waals surface area (Å²) >= 11 is 0. The van der Waals surface area contributed by atoms with Crippen LogP contribution in [0, 0.1) is 0 Å². The normalized spacial score (nSPS) is 11.0. The number of methoxy groups -OCH3 is 1. The van der Waals surface area contributed by atoms with Gasteiger partial charge in [-0.15, -0.1) is 6.58 Å². The van der Waals surface area contributed by atoms with E-state index in [1.165, 1.54) is 32.4 Å². The van der Waals surface area contributed by atoms with E-state index in [9.17, 15) is 15.3 Å². The topological polar surface area (TPSA) is 69.9 Å². The van der Waals surface area contributed by atoms with Crippen molar-refractivity contribution in [3.05, 3.63) is 30.4 Å². The molecule has 0 aliphatic heterocycles. The van der Waals surface area contributed by atoms with Crippen LogP contribution in [0.15, 0.2) is 24.8 Å². The first-order chi connectivity index (χ1) is 10.6. The molecule has 0 fully saturated rings. The van der Waals surface area contributed by atoms with Gasteiger partial charge < -0.3 is 20.1 Å². The van der Waals surface area contributed by atoms with E-state index in [4.69, 9.17) is 4.74 Å². The molecule has 0 unspecified atom stereocenters. The maximum absolute atomic E-state index is 9.96. The monoisotopic (exact) mass is 306 g/mol. The van der Waals surface area contributed by atoms with Gasteiger partial charge in [0.05, 0.1) is 12.7 Å². The Kier molecular flexibility index (Phi) is 7.97. The highest BCUT2D eigenvalue weighted by molar-refractivity contribution is 5.71. The maximum Gasteiger partial charge on any atom is 0.169 e. The molecular formula is C18H26O4. The second kappa shape index (κ2) is 9.77. The lowest BCUT2D eigenvalue weighted by Gasteiger charge is -2.09. The number of aromatic hydroxyl groups is 3. The third kappa shape index (κ3) is 5.35. The van der Waals surface area contributed by atoms with Crippen molar-refractivity contribution in [2.45, 2.75) is 44.9 Å². The fourth-order valence-corrected chi connectivity index (χ4v) is 2.24. The second-order valence-corrected chi connectivity index (χ2v) is 5.25. The molecule has 4 heteroatoms. The van der Waals surface area contributed by atoms with Gasteiger partial charge in [-0.2, -0.15) is 0 Å². The standard InChI is InChI=1S/C18H26O4/c1-3-4-5-6-7-8-9-10-11-12-14-17(20)15(19)13-16(22-2)18(14)21/h3,11-13,19-21H,1,4-10H2,2H3/b12-11+. The molecule has 1 rings (SSSR count). The first-order valence-corrected chi connectivity index (χ1v) is 7.71. The molecule has 0 bridgehead atoms. The van der Waals surface area contributed by atoms with Crippen molar-refractivity contribution in [3.63, 3.8) is 0 Å². The molecule has 22 heavy (non-hydrogen) atoms. The molecule has 4 nitrogen and oxygen atoms in total. The molecule has 0 saturated heterocycles. The highest BCUT2D eigenvalue weighted by Gasteiger charge is 2.15. The van der Waals surface area contributed by atoms with Gasteiger partial charge in [-0.05, 0) is 25.7 Å². The average molecular weight is 306 g/mol. The summed E-state index contributed by atoms with van der Waals surface area (Å²) in [6.45, 7) is 3.70. The molecule has 1 aromatic carbocycles. The minimum Gasteiger partial charge on any atom is -0.504 e. The van der Waals surface area contributed by atoms with E-state index in [0.29, 0.717) is 0 Å². The van der Waals surface area contributed by atoms with Crippen LogP contribution in [0.5, 0.6) is 23.0 Å². The third-order valence-corrected chi connectivity index (χ3v) is 3.54. The minimum atomic E-state index is -0.334. The van der Waals surface area contributed by atoms with Gasteiger partial charge in [0.2, 0.25) is 0 Å². The van der Waals surface area contributed by atoms with Gasteiger partial charge in [0.25, 0.3) is 0 Å². The van der Waals surface area contributed by atoms with E-state index >= 15 is 0 Å². The molecule has 0 amide bonds. The van der Waals surface area contributed by atoms with E-state index in [-0.39, 0.29) is 28.6 Å². The first kappa shape index (κ1) is 18.0. The molecule has 0 spiro atoms. The Morgan fingerprint density at radius 1 is 1.00 bits per heavy atom. The molecule has 0 heterocycles. The van der Waals surface area contributed by atoms with Gasteiger partial charge in [-0.1, -0.05) is 37.5 Å². The molecule has 0 aliphatic carbocycles. The van der Waals surface area contributed by atoms with Crippen molar-refractivity contribution in [3.8, 4) is 23.0 Å². The quantitative estimate of drug-likeness (QED) is 0.253. The molecular weight excluding hydrogens is 280 g/mol. The van der Waals surface area contributed by atoms with Crippen LogP contribution in [-0.4, -0.2) is 22.4 Å². The van der Waals surface area contributed by atoms with Crippen LogP contribution in [0.3, 0.4) is 0 Å². The summed E-state index contributed by atoms with van der Waals surface area (Å²) < 4.78 is 4.95. The van der Waals surface area contributed by atoms with Crippen molar-refractivity contribution < 1.29 is 20.1 Å². The maximum atomic E-state index is 9.96. The zero-order valence-electron chi connectivity index (χ0n) is 13.2. The average Bonchev–Trinajstić information content (AvgIpc) is 2.52. The summed E-state index contributed by atoms with van der Waals surface area (Å²) in [5, 5.41) is 29.4. The zero-order chi connectivity index (χ0) is 16.4. The summed E-state index contributed by atoms with van der Waals surface area (Å²) in [6, 6.07) is 1.19. The number of ether oxygens (including phenoxy) is 1. The predicted octanol–water partition coefficient (Wildman–Crippen LogP) is 4.74. The molecule has 1 aromatic rings. The van der Waals surface area contributed by atoms with Gasteiger partial charge in [0.15, 0.2) is 23.0 Å². The predicted molar refractivity (Wildman–Crippen MR) is 89.5 cm³/mol. The summed E-state index contributed by atoms with van der Waals surface area (Å²) in [6.07, 6.45) is 13.2. The number of unbranched alkanes of at least 4 members (excludes halogenated alkanes) is 6. The second-order valence-electron chi connectivity index (χ2n) is 5.25. The molecule has 0 aromatic heterocycles. The molecule has 0 radical (unpaired) electrons. The number of phenols is 3. The number of hydrogen-bond acceptors (Lipinski definition) is 4. The van der Waals surface area contributed by atoms with Crippen LogP contribution in [0.25, 0.3) is 6.08 Å². The number of hydrogen-bond donors (Lipinski definition) is 3. The summed E-state index contributed by atoms with van der Waals surface area (Å²) in [5.74, 6) is -0.675. The van der Waals surface area contributed by atoms with Crippen molar-refractivity contribution in [1.82, 2.24) is 0 Å². The van der Waals surface area contributed by atoms with Crippen LogP contribution in [-0.2, 0) is 0 Å². The van der Waals surface area contributed by atoms with Gasteiger partial charge in [-0.3, -0.25) is 0 Å². The third-order valence-electron chi connectivity index (χ3n) is 3.54. The van der Waals surface area contributed by atoms with E-state index in [1.807, 2.05) is 12.2 Å². The number of phenolic OH excluding ortho intramolecular Hbond substituents is 3. The Hall–Kier alpha value is -2.10. The van der Waals surface area contributed by atoms with Crippen molar-refractivity contribution >= 4 is 6.08 Å². The highest BCUT2D eigenvalue weighted by Crippen LogP contribution is 2.43. The van der Waals surface area contributed by atoms with Crippen LogP contribution in [0.4, 0.5) is 0 Å². The fraction of sp³-hybridized carbons (Fsp3) is 0.444. The first-order valence-electron chi connectivity index (χ1n) is 7.71. The lowest BCUT2D eigenvalue weighted by atomic mass is 10.1. The largest absolute Gasteiger partial charge is 0.504 e. The van der Waals surface area contributed by atoms with Crippen LogP contribution < -0.4 is 4.74 Å². The van der Waals surface area contributed by atoms with E-state index in [1.54, 1.807) is 6.08 Å². The van der Waals surface area contributed by atoms with Crippen LogP contribution in [0.1, 0.15) is 50.5 Å². The summed E-state index contributed by atoms with van der Waals surface area (Å²) in [5.41, 5.74) is 0.183. The Morgan fingerprint density at radius 2 is 1.64 bits per heavy atom. The van der Waals surface area contributed by atoms with Crippen LogP contribution >= 0.6 is 0 Å².